The lowest BCUT2D eigenvalue weighted by molar-refractivity contribution is -0.138. The monoisotopic (exact) mass is 346 g/mol. The molecule has 0 spiro atoms. The van der Waals surface area contributed by atoms with E-state index in [0.29, 0.717) is 11.9 Å². The summed E-state index contributed by atoms with van der Waals surface area (Å²) in [6.07, 6.45) is 5.70. The third-order valence-corrected chi connectivity index (χ3v) is 5.24. The van der Waals surface area contributed by atoms with Gasteiger partial charge in [0.2, 0.25) is 5.91 Å². The molecule has 0 bridgehead atoms. The number of nitrogens with zero attached hydrogens (tertiary/aromatic N) is 5. The van der Waals surface area contributed by atoms with Gasteiger partial charge in [0.15, 0.2) is 0 Å². The second-order valence-corrected chi connectivity index (χ2v) is 7.50. The van der Waals surface area contributed by atoms with Crippen molar-refractivity contribution in [2.45, 2.75) is 31.7 Å². The fourth-order valence-corrected chi connectivity index (χ4v) is 3.75. The van der Waals surface area contributed by atoms with Crippen molar-refractivity contribution in [3.05, 3.63) is 12.4 Å². The van der Waals surface area contributed by atoms with Crippen LogP contribution >= 0.6 is 0 Å². The quantitative estimate of drug-likeness (QED) is 0.886. The predicted octanol–water partition coefficient (Wildman–Crippen LogP) is 1.29. The van der Waals surface area contributed by atoms with Crippen LogP contribution in [0.4, 0.5) is 11.6 Å². The molecule has 1 unspecified atom stereocenters. The van der Waals surface area contributed by atoms with E-state index >= 15 is 0 Å². The Kier molecular flexibility index (Phi) is 5.73. The zero-order valence-electron chi connectivity index (χ0n) is 15.6. The Morgan fingerprint density at radius 1 is 1.20 bits per heavy atom. The first-order valence-electron chi connectivity index (χ1n) is 9.26. The van der Waals surface area contributed by atoms with Gasteiger partial charge in [0.1, 0.15) is 18.0 Å². The fraction of sp³-hybridized carbons (Fsp3) is 0.722. The molecule has 138 valence electrons. The molecule has 2 aliphatic rings. The predicted molar refractivity (Wildman–Crippen MR) is 99.8 cm³/mol. The summed E-state index contributed by atoms with van der Waals surface area (Å²) in [6.45, 7) is 3.69. The Morgan fingerprint density at radius 3 is 2.64 bits per heavy atom. The van der Waals surface area contributed by atoms with Crippen molar-refractivity contribution in [2.24, 2.45) is 5.92 Å². The van der Waals surface area contributed by atoms with E-state index in [0.717, 1.165) is 63.5 Å². The van der Waals surface area contributed by atoms with Crippen LogP contribution in [-0.4, -0.2) is 79.0 Å². The smallest absolute Gasteiger partial charge is 0.226 e. The second kappa shape index (κ2) is 7.99. The average molecular weight is 346 g/mol. The third-order valence-electron chi connectivity index (χ3n) is 5.24. The molecule has 1 aromatic rings. The highest BCUT2D eigenvalue weighted by atomic mass is 16.2. The summed E-state index contributed by atoms with van der Waals surface area (Å²) in [7, 11) is 6.05. The maximum atomic E-state index is 12.7. The van der Waals surface area contributed by atoms with Crippen molar-refractivity contribution >= 4 is 17.5 Å². The van der Waals surface area contributed by atoms with Crippen LogP contribution < -0.4 is 10.2 Å². The van der Waals surface area contributed by atoms with E-state index in [9.17, 15) is 4.79 Å². The van der Waals surface area contributed by atoms with Gasteiger partial charge in [0, 0.05) is 45.8 Å². The normalized spacial score (nSPS) is 22.7. The van der Waals surface area contributed by atoms with Crippen LogP contribution in [0.2, 0.25) is 0 Å². The standard InChI is InChI=1S/C18H30N6O/c1-22(2)17-11-16(19-13-20-17)21-15-6-9-24(10-7-15)18(25)14-5-4-8-23(3)12-14/h11,13-15H,4-10,12H2,1-3H3,(H,19,20,21). The zero-order valence-corrected chi connectivity index (χ0v) is 15.6. The van der Waals surface area contributed by atoms with Crippen LogP contribution in [0.3, 0.4) is 0 Å². The van der Waals surface area contributed by atoms with Crippen LogP contribution in [0.15, 0.2) is 12.4 Å². The van der Waals surface area contributed by atoms with Crippen molar-refractivity contribution in [3.8, 4) is 0 Å². The first-order valence-corrected chi connectivity index (χ1v) is 9.26. The van der Waals surface area contributed by atoms with Crippen molar-refractivity contribution in [3.63, 3.8) is 0 Å². The molecule has 1 amide bonds. The number of hydrogen-bond acceptors (Lipinski definition) is 6. The number of nitrogens with one attached hydrogen (secondary N) is 1. The minimum Gasteiger partial charge on any atom is -0.367 e. The van der Waals surface area contributed by atoms with Gasteiger partial charge in [-0.15, -0.1) is 0 Å². The van der Waals surface area contributed by atoms with Gasteiger partial charge in [-0.25, -0.2) is 9.97 Å². The van der Waals surface area contributed by atoms with E-state index in [4.69, 9.17) is 0 Å². The third kappa shape index (κ3) is 4.60. The SMILES string of the molecule is CN1CCCC(C(=O)N2CCC(Nc3cc(N(C)C)ncn3)CC2)C1. The van der Waals surface area contributed by atoms with Gasteiger partial charge in [-0.05, 0) is 39.3 Å². The molecule has 0 aliphatic carbocycles. The van der Waals surface area contributed by atoms with Crippen LogP contribution in [0, 0.1) is 5.92 Å². The molecule has 2 saturated heterocycles. The molecule has 2 aliphatic heterocycles. The molecular formula is C18H30N6O. The van der Waals surface area contributed by atoms with Gasteiger partial charge < -0.3 is 20.0 Å². The van der Waals surface area contributed by atoms with E-state index in [1.54, 1.807) is 6.33 Å². The molecular weight excluding hydrogens is 316 g/mol. The lowest BCUT2D eigenvalue weighted by Gasteiger charge is -2.37. The van der Waals surface area contributed by atoms with E-state index in [-0.39, 0.29) is 5.92 Å². The highest BCUT2D eigenvalue weighted by molar-refractivity contribution is 5.79. The van der Waals surface area contributed by atoms with E-state index in [1.807, 2.05) is 25.1 Å². The van der Waals surface area contributed by atoms with Gasteiger partial charge in [-0.3, -0.25) is 4.79 Å². The Balaban J connectivity index is 1.50. The maximum absolute atomic E-state index is 12.7. The Labute approximate surface area is 150 Å². The summed E-state index contributed by atoms with van der Waals surface area (Å²) in [4.78, 5) is 27.6. The summed E-state index contributed by atoms with van der Waals surface area (Å²) < 4.78 is 0. The maximum Gasteiger partial charge on any atom is 0.226 e. The Hall–Kier alpha value is -1.89. The first-order chi connectivity index (χ1) is 12.0. The number of piperidine rings is 2. The molecule has 3 heterocycles. The number of amides is 1. The Morgan fingerprint density at radius 2 is 1.96 bits per heavy atom. The lowest BCUT2D eigenvalue weighted by Crippen LogP contribution is -2.48. The van der Waals surface area contributed by atoms with E-state index in [2.05, 4.69) is 32.1 Å². The van der Waals surface area contributed by atoms with Gasteiger partial charge in [-0.1, -0.05) is 0 Å². The average Bonchev–Trinajstić information content (AvgIpc) is 2.62. The highest BCUT2D eigenvalue weighted by Gasteiger charge is 2.30. The zero-order chi connectivity index (χ0) is 17.8. The molecule has 25 heavy (non-hydrogen) atoms. The van der Waals surface area contributed by atoms with Crippen LogP contribution in [-0.2, 0) is 4.79 Å². The molecule has 0 radical (unpaired) electrons. The fourth-order valence-electron chi connectivity index (χ4n) is 3.75. The van der Waals surface area contributed by atoms with Gasteiger partial charge in [-0.2, -0.15) is 0 Å². The number of carbonyl (C=O) groups is 1. The largest absolute Gasteiger partial charge is 0.367 e. The van der Waals surface area contributed by atoms with Crippen molar-refractivity contribution in [1.29, 1.82) is 0 Å². The van der Waals surface area contributed by atoms with Crippen molar-refractivity contribution in [1.82, 2.24) is 19.8 Å². The molecule has 2 fully saturated rings. The van der Waals surface area contributed by atoms with Gasteiger partial charge in [0.05, 0.1) is 5.92 Å². The summed E-state index contributed by atoms with van der Waals surface area (Å²) in [5.41, 5.74) is 0. The number of rotatable bonds is 4. The number of aromatic nitrogens is 2. The highest BCUT2D eigenvalue weighted by Crippen LogP contribution is 2.22. The number of carbonyl (C=O) groups excluding carboxylic acids is 1. The van der Waals surface area contributed by atoms with Crippen LogP contribution in [0.5, 0.6) is 0 Å². The molecule has 3 rings (SSSR count). The van der Waals surface area contributed by atoms with E-state index in [1.165, 1.54) is 0 Å². The molecule has 0 saturated carbocycles. The summed E-state index contributed by atoms with van der Waals surface area (Å²) >= 11 is 0. The summed E-state index contributed by atoms with van der Waals surface area (Å²) in [6, 6.07) is 2.33. The van der Waals surface area contributed by atoms with Crippen molar-refractivity contribution < 1.29 is 4.79 Å². The van der Waals surface area contributed by atoms with Crippen LogP contribution in [0.1, 0.15) is 25.7 Å². The molecule has 0 aromatic carbocycles. The van der Waals surface area contributed by atoms with E-state index < -0.39 is 0 Å². The molecule has 1 atom stereocenters. The number of hydrogen-bond donors (Lipinski definition) is 1. The molecule has 1 N–H and O–H groups in total. The lowest BCUT2D eigenvalue weighted by atomic mass is 9.95. The minimum absolute atomic E-state index is 0.188. The van der Waals surface area contributed by atoms with Crippen LogP contribution in [0.25, 0.3) is 0 Å². The Bertz CT molecular complexity index is 585. The second-order valence-electron chi connectivity index (χ2n) is 7.50. The number of likely N-dealkylation sites (tertiary alicyclic amines) is 2. The first kappa shape index (κ1) is 17.9. The molecule has 1 aromatic heterocycles. The van der Waals surface area contributed by atoms with Crippen molar-refractivity contribution in [2.75, 3.05) is 57.5 Å². The number of anilines is 2. The molecule has 7 nitrogen and oxygen atoms in total. The minimum atomic E-state index is 0.188. The van der Waals surface area contributed by atoms with Gasteiger partial charge in [0.25, 0.3) is 0 Å². The molecule has 7 heteroatoms. The summed E-state index contributed by atoms with van der Waals surface area (Å²) in [5.74, 6) is 2.29. The topological polar surface area (TPSA) is 64.6 Å². The van der Waals surface area contributed by atoms with Gasteiger partial charge >= 0.3 is 0 Å². The summed E-state index contributed by atoms with van der Waals surface area (Å²) in [5, 5.41) is 3.50.